The number of carbonyl (C=O) groups excluding carboxylic acids is 1. The first-order valence-electron chi connectivity index (χ1n) is 6.33. The molecule has 7 heteroatoms. The summed E-state index contributed by atoms with van der Waals surface area (Å²) in [5.74, 6) is -0.165. The average Bonchev–Trinajstić information content (AvgIpc) is 2.33. The van der Waals surface area contributed by atoms with Crippen LogP contribution in [0.3, 0.4) is 0 Å². The second-order valence-electron chi connectivity index (χ2n) is 4.91. The maximum absolute atomic E-state index is 11.9. The molecule has 0 aromatic carbocycles. The lowest BCUT2D eigenvalue weighted by Crippen LogP contribution is -2.28. The standard InChI is InChI=1S/C13H18N2O5/c1-9(2)6-7-20-12(16)8-14-10(3)4-5-11(13(14)17)15(18)19/h4-5,9H,6-8H2,1-3H3. The van der Waals surface area contributed by atoms with E-state index >= 15 is 0 Å². The van der Waals surface area contributed by atoms with E-state index in [9.17, 15) is 19.7 Å². The number of hydrogen-bond donors (Lipinski definition) is 0. The van der Waals surface area contributed by atoms with E-state index in [0.717, 1.165) is 17.1 Å². The zero-order valence-corrected chi connectivity index (χ0v) is 11.8. The van der Waals surface area contributed by atoms with Gasteiger partial charge in [-0.25, -0.2) is 0 Å². The summed E-state index contributed by atoms with van der Waals surface area (Å²) >= 11 is 0. The molecule has 0 saturated carbocycles. The lowest BCUT2D eigenvalue weighted by Gasteiger charge is -2.10. The first-order valence-corrected chi connectivity index (χ1v) is 6.33. The SMILES string of the molecule is Cc1ccc([N+](=O)[O-])c(=O)n1CC(=O)OCCC(C)C. The van der Waals surface area contributed by atoms with Gasteiger partial charge in [0.1, 0.15) is 6.54 Å². The summed E-state index contributed by atoms with van der Waals surface area (Å²) in [5, 5.41) is 10.7. The number of carbonyl (C=O) groups is 1. The number of aryl methyl sites for hydroxylation is 1. The Balaban J connectivity index is 2.82. The van der Waals surface area contributed by atoms with Crippen LogP contribution in [0.25, 0.3) is 0 Å². The molecule has 0 unspecified atom stereocenters. The molecule has 0 bridgehead atoms. The molecule has 0 fully saturated rings. The summed E-state index contributed by atoms with van der Waals surface area (Å²) < 4.78 is 6.05. The van der Waals surface area contributed by atoms with Crippen molar-refractivity contribution in [1.82, 2.24) is 4.57 Å². The van der Waals surface area contributed by atoms with Crippen molar-refractivity contribution in [2.24, 2.45) is 5.92 Å². The van der Waals surface area contributed by atoms with Crippen molar-refractivity contribution in [2.75, 3.05) is 6.61 Å². The van der Waals surface area contributed by atoms with Crippen molar-refractivity contribution in [3.05, 3.63) is 38.3 Å². The van der Waals surface area contributed by atoms with Gasteiger partial charge in [-0.1, -0.05) is 13.8 Å². The summed E-state index contributed by atoms with van der Waals surface area (Å²) in [5.41, 5.74) is -0.872. The first kappa shape index (κ1) is 15.9. The smallest absolute Gasteiger partial charge is 0.334 e. The quantitative estimate of drug-likeness (QED) is 0.449. The van der Waals surface area contributed by atoms with E-state index in [4.69, 9.17) is 4.74 Å². The Kier molecular flexibility index (Phi) is 5.42. The molecule has 0 atom stereocenters. The molecule has 7 nitrogen and oxygen atoms in total. The molecule has 1 aromatic rings. The van der Waals surface area contributed by atoms with Crippen LogP contribution >= 0.6 is 0 Å². The van der Waals surface area contributed by atoms with Gasteiger partial charge in [-0.3, -0.25) is 24.3 Å². The highest BCUT2D eigenvalue weighted by atomic mass is 16.6. The van der Waals surface area contributed by atoms with Crippen molar-refractivity contribution in [1.29, 1.82) is 0 Å². The van der Waals surface area contributed by atoms with Crippen LogP contribution in [0.5, 0.6) is 0 Å². The lowest BCUT2D eigenvalue weighted by atomic mass is 10.1. The van der Waals surface area contributed by atoms with Gasteiger partial charge in [-0.05, 0) is 25.3 Å². The van der Waals surface area contributed by atoms with E-state index in [1.165, 1.54) is 6.07 Å². The molecule has 1 aromatic heterocycles. The maximum Gasteiger partial charge on any atom is 0.334 e. The number of ether oxygens (including phenoxy) is 1. The second kappa shape index (κ2) is 6.83. The van der Waals surface area contributed by atoms with Gasteiger partial charge < -0.3 is 4.74 Å². The molecule has 0 aliphatic rings. The molecular weight excluding hydrogens is 264 g/mol. The Labute approximate surface area is 116 Å². The minimum Gasteiger partial charge on any atom is -0.464 e. The number of hydrogen-bond acceptors (Lipinski definition) is 5. The number of aromatic nitrogens is 1. The van der Waals surface area contributed by atoms with Gasteiger partial charge in [0.15, 0.2) is 0 Å². The van der Waals surface area contributed by atoms with Crippen LogP contribution in [-0.4, -0.2) is 22.1 Å². The predicted octanol–water partition coefficient (Wildman–Crippen LogP) is 1.65. The van der Waals surface area contributed by atoms with Crippen LogP contribution in [0.4, 0.5) is 5.69 Å². The van der Waals surface area contributed by atoms with Crippen LogP contribution < -0.4 is 5.56 Å². The largest absolute Gasteiger partial charge is 0.464 e. The molecular formula is C13H18N2O5. The zero-order valence-electron chi connectivity index (χ0n) is 11.8. The van der Waals surface area contributed by atoms with Gasteiger partial charge in [0.25, 0.3) is 0 Å². The summed E-state index contributed by atoms with van der Waals surface area (Å²) in [4.78, 5) is 33.4. The van der Waals surface area contributed by atoms with Crippen LogP contribution in [0.1, 0.15) is 26.0 Å². The van der Waals surface area contributed by atoms with Gasteiger partial charge in [-0.2, -0.15) is 0 Å². The van der Waals surface area contributed by atoms with Gasteiger partial charge in [0, 0.05) is 11.8 Å². The van der Waals surface area contributed by atoms with Gasteiger partial charge in [0.05, 0.1) is 11.5 Å². The summed E-state index contributed by atoms with van der Waals surface area (Å²) in [6, 6.07) is 2.57. The van der Waals surface area contributed by atoms with Crippen molar-refractivity contribution in [2.45, 2.75) is 33.7 Å². The van der Waals surface area contributed by atoms with Gasteiger partial charge >= 0.3 is 17.2 Å². The minimum absolute atomic E-state index is 0.277. The van der Waals surface area contributed by atoms with Crippen LogP contribution in [0.15, 0.2) is 16.9 Å². The molecule has 0 saturated heterocycles. The molecule has 0 amide bonds. The van der Waals surface area contributed by atoms with Crippen molar-refractivity contribution < 1.29 is 14.5 Å². The average molecular weight is 282 g/mol. The third kappa shape index (κ3) is 4.18. The van der Waals surface area contributed by atoms with Gasteiger partial charge in [0.2, 0.25) is 0 Å². The lowest BCUT2D eigenvalue weighted by molar-refractivity contribution is -0.386. The highest BCUT2D eigenvalue weighted by molar-refractivity contribution is 5.69. The fourth-order valence-electron chi connectivity index (χ4n) is 1.58. The predicted molar refractivity (Wildman–Crippen MR) is 72.5 cm³/mol. The first-order chi connectivity index (χ1) is 9.32. The highest BCUT2D eigenvalue weighted by Crippen LogP contribution is 2.06. The van der Waals surface area contributed by atoms with Gasteiger partial charge in [-0.15, -0.1) is 0 Å². The van der Waals surface area contributed by atoms with Crippen molar-refractivity contribution in [3.8, 4) is 0 Å². The number of pyridine rings is 1. The number of esters is 1. The Hall–Kier alpha value is -2.18. The fourth-order valence-corrected chi connectivity index (χ4v) is 1.58. The number of rotatable bonds is 6. The van der Waals surface area contributed by atoms with E-state index in [-0.39, 0.29) is 13.2 Å². The zero-order chi connectivity index (χ0) is 15.3. The van der Waals surface area contributed by atoms with Crippen molar-refractivity contribution >= 4 is 11.7 Å². The van der Waals surface area contributed by atoms with E-state index in [0.29, 0.717) is 11.6 Å². The van der Waals surface area contributed by atoms with Crippen LogP contribution in [0.2, 0.25) is 0 Å². The van der Waals surface area contributed by atoms with Crippen LogP contribution in [0, 0.1) is 23.0 Å². The van der Waals surface area contributed by atoms with E-state index in [2.05, 4.69) is 0 Å². The van der Waals surface area contributed by atoms with E-state index < -0.39 is 22.1 Å². The number of nitro groups is 1. The third-order valence-electron chi connectivity index (χ3n) is 2.81. The molecule has 0 radical (unpaired) electrons. The fraction of sp³-hybridized carbons (Fsp3) is 0.538. The molecule has 110 valence electrons. The molecule has 0 aliphatic carbocycles. The summed E-state index contributed by atoms with van der Waals surface area (Å²) in [7, 11) is 0. The Morgan fingerprint density at radius 3 is 2.65 bits per heavy atom. The second-order valence-corrected chi connectivity index (χ2v) is 4.91. The minimum atomic E-state index is -0.796. The number of nitrogens with zero attached hydrogens (tertiary/aromatic N) is 2. The van der Waals surface area contributed by atoms with E-state index in [1.807, 2.05) is 13.8 Å². The molecule has 0 aliphatic heterocycles. The topological polar surface area (TPSA) is 91.4 Å². The molecule has 0 spiro atoms. The Bertz CT molecular complexity index is 562. The molecule has 20 heavy (non-hydrogen) atoms. The maximum atomic E-state index is 11.9. The van der Waals surface area contributed by atoms with Crippen molar-refractivity contribution in [3.63, 3.8) is 0 Å². The molecule has 1 heterocycles. The monoisotopic (exact) mass is 282 g/mol. The highest BCUT2D eigenvalue weighted by Gasteiger charge is 2.17. The Morgan fingerprint density at radius 2 is 2.10 bits per heavy atom. The van der Waals surface area contributed by atoms with E-state index in [1.54, 1.807) is 6.92 Å². The third-order valence-corrected chi connectivity index (χ3v) is 2.81. The molecule has 1 rings (SSSR count). The summed E-state index contributed by atoms with van der Waals surface area (Å²) in [6.45, 7) is 5.57. The summed E-state index contributed by atoms with van der Waals surface area (Å²) in [6.07, 6.45) is 0.731. The van der Waals surface area contributed by atoms with Crippen LogP contribution in [-0.2, 0) is 16.1 Å². The molecule has 0 N–H and O–H groups in total. The normalized spacial score (nSPS) is 10.6. The Morgan fingerprint density at radius 1 is 1.45 bits per heavy atom.